The summed E-state index contributed by atoms with van der Waals surface area (Å²) in [5, 5.41) is 19.2. The molecule has 0 spiro atoms. The first kappa shape index (κ1) is 21.4. The van der Waals surface area contributed by atoms with Crippen LogP contribution in [0, 0.1) is 0 Å². The van der Waals surface area contributed by atoms with E-state index >= 15 is 0 Å². The topological polar surface area (TPSA) is 104 Å². The molecule has 0 aromatic heterocycles. The summed E-state index contributed by atoms with van der Waals surface area (Å²) in [6, 6.07) is 18.3. The third-order valence-corrected chi connectivity index (χ3v) is 6.15. The Morgan fingerprint density at radius 2 is 1.73 bits per heavy atom. The monoisotopic (exact) mass is 425 g/mol. The van der Waals surface area contributed by atoms with E-state index in [0.717, 1.165) is 36.0 Å². The number of para-hydroxylation sites is 1. The summed E-state index contributed by atoms with van der Waals surface area (Å²) in [5.41, 5.74) is 2.32. The van der Waals surface area contributed by atoms with Crippen LogP contribution in [0.4, 0.5) is 5.69 Å². The quantitative estimate of drug-likeness (QED) is 0.445. The van der Waals surface area contributed by atoms with Gasteiger partial charge in [0, 0.05) is 0 Å². The molecule has 30 heavy (non-hydrogen) atoms. The maximum absolute atomic E-state index is 12.9. The second-order valence-electron chi connectivity index (χ2n) is 6.90. The lowest BCUT2D eigenvalue weighted by atomic mass is 9.96. The summed E-state index contributed by atoms with van der Waals surface area (Å²) in [7, 11) is -4.04. The summed E-state index contributed by atoms with van der Waals surface area (Å²) in [5.74, 6) is -1.98. The predicted octanol–water partition coefficient (Wildman–Crippen LogP) is 4.90. The molecule has 0 saturated carbocycles. The molecule has 0 radical (unpaired) electrons. The van der Waals surface area contributed by atoms with Crippen molar-refractivity contribution in [2.45, 2.75) is 31.1 Å². The third-order valence-electron chi connectivity index (χ3n) is 4.78. The molecule has 3 rings (SSSR count). The number of nitrogens with one attached hydrogen (secondary N) is 1. The molecule has 0 aliphatic rings. The highest BCUT2D eigenvalue weighted by Gasteiger charge is 2.20. The van der Waals surface area contributed by atoms with E-state index in [0.29, 0.717) is 0 Å². The summed E-state index contributed by atoms with van der Waals surface area (Å²) >= 11 is 0. The van der Waals surface area contributed by atoms with Crippen molar-refractivity contribution in [3.63, 3.8) is 0 Å². The molecule has 0 atom stereocenters. The van der Waals surface area contributed by atoms with Crippen LogP contribution in [-0.4, -0.2) is 24.6 Å². The van der Waals surface area contributed by atoms with Crippen LogP contribution in [0.1, 0.15) is 35.7 Å². The Morgan fingerprint density at radius 1 is 1.00 bits per heavy atom. The molecule has 3 aromatic rings. The van der Waals surface area contributed by atoms with Crippen molar-refractivity contribution >= 4 is 21.7 Å². The molecule has 3 aromatic carbocycles. The Balaban J connectivity index is 1.97. The molecule has 0 heterocycles. The zero-order valence-corrected chi connectivity index (χ0v) is 17.3. The first-order valence-electron chi connectivity index (χ1n) is 9.60. The molecule has 0 amide bonds. The number of hydrogen-bond acceptors (Lipinski definition) is 4. The molecule has 7 heteroatoms. The van der Waals surface area contributed by atoms with Crippen molar-refractivity contribution in [2.24, 2.45) is 0 Å². The molecular formula is C23H23NO5S. The van der Waals surface area contributed by atoms with E-state index in [1.165, 1.54) is 24.3 Å². The van der Waals surface area contributed by atoms with Gasteiger partial charge in [-0.2, -0.15) is 0 Å². The van der Waals surface area contributed by atoms with E-state index in [2.05, 4.69) is 11.6 Å². The maximum atomic E-state index is 12.9. The van der Waals surface area contributed by atoms with E-state index < -0.39 is 21.7 Å². The Hall–Kier alpha value is -3.32. The van der Waals surface area contributed by atoms with Gasteiger partial charge in [0.05, 0.1) is 10.6 Å². The van der Waals surface area contributed by atoms with Crippen molar-refractivity contribution in [2.75, 3.05) is 4.72 Å². The van der Waals surface area contributed by atoms with Gasteiger partial charge >= 0.3 is 5.97 Å². The largest absolute Gasteiger partial charge is 0.505 e. The number of sulfonamides is 1. The lowest BCUT2D eigenvalue weighted by Crippen LogP contribution is -2.14. The van der Waals surface area contributed by atoms with Gasteiger partial charge in [-0.15, -0.1) is 0 Å². The van der Waals surface area contributed by atoms with Crippen LogP contribution in [0.15, 0.2) is 71.6 Å². The molecule has 6 nitrogen and oxygen atoms in total. The van der Waals surface area contributed by atoms with Gasteiger partial charge in [-0.25, -0.2) is 13.2 Å². The maximum Gasteiger partial charge on any atom is 0.339 e. The smallest absolute Gasteiger partial charge is 0.339 e. The minimum atomic E-state index is -4.04. The van der Waals surface area contributed by atoms with Gasteiger partial charge in [0.2, 0.25) is 0 Å². The van der Waals surface area contributed by atoms with E-state index in [-0.39, 0.29) is 16.1 Å². The molecule has 3 N–H and O–H groups in total. The van der Waals surface area contributed by atoms with Gasteiger partial charge in [-0.05, 0) is 53.8 Å². The second-order valence-corrected chi connectivity index (χ2v) is 8.58. The molecule has 0 fully saturated rings. The molecule has 0 unspecified atom stereocenters. The number of hydrogen-bond donors (Lipinski definition) is 3. The normalized spacial score (nSPS) is 11.2. The zero-order valence-electron chi connectivity index (χ0n) is 16.5. The molecule has 156 valence electrons. The summed E-state index contributed by atoms with van der Waals surface area (Å²) in [6.45, 7) is 2.12. The number of benzene rings is 3. The van der Waals surface area contributed by atoms with Crippen molar-refractivity contribution in [3.05, 3.63) is 77.9 Å². The Morgan fingerprint density at radius 3 is 2.47 bits per heavy atom. The fourth-order valence-electron chi connectivity index (χ4n) is 3.22. The minimum absolute atomic E-state index is 0.0189. The van der Waals surface area contributed by atoms with Crippen LogP contribution in [0.2, 0.25) is 0 Å². The van der Waals surface area contributed by atoms with Crippen LogP contribution < -0.4 is 4.72 Å². The molecule has 0 aliphatic carbocycles. The van der Waals surface area contributed by atoms with Crippen LogP contribution in [0.3, 0.4) is 0 Å². The highest BCUT2D eigenvalue weighted by molar-refractivity contribution is 7.92. The Kier molecular flexibility index (Phi) is 6.42. The van der Waals surface area contributed by atoms with Crippen molar-refractivity contribution < 1.29 is 23.4 Å². The number of aromatic carboxylic acids is 1. The lowest BCUT2D eigenvalue weighted by Gasteiger charge is -2.13. The number of carboxylic acids is 1. The summed E-state index contributed by atoms with van der Waals surface area (Å²) in [4.78, 5) is 11.2. The van der Waals surface area contributed by atoms with Gasteiger partial charge < -0.3 is 10.2 Å². The average molecular weight is 426 g/mol. The molecule has 0 saturated heterocycles. The van der Waals surface area contributed by atoms with E-state index in [4.69, 9.17) is 5.11 Å². The average Bonchev–Trinajstić information content (AvgIpc) is 2.73. The van der Waals surface area contributed by atoms with Crippen LogP contribution in [0.25, 0.3) is 11.1 Å². The minimum Gasteiger partial charge on any atom is -0.505 e. The number of unbranched alkanes of at least 4 members (excludes halogenated alkanes) is 1. The first-order chi connectivity index (χ1) is 14.3. The fourth-order valence-corrected chi connectivity index (χ4v) is 4.33. The van der Waals surface area contributed by atoms with Gasteiger partial charge in [0.1, 0.15) is 5.56 Å². The fraction of sp³-hybridized carbons (Fsp3) is 0.174. The molecular weight excluding hydrogens is 402 g/mol. The summed E-state index contributed by atoms with van der Waals surface area (Å²) < 4.78 is 28.1. The molecule has 0 aliphatic heterocycles. The van der Waals surface area contributed by atoms with Gasteiger partial charge in [-0.1, -0.05) is 55.8 Å². The SMILES string of the molecule is CCCCc1ccccc1-c1cccc(S(=O)(=O)Nc2cccc(C(=O)O)c2O)c1. The van der Waals surface area contributed by atoms with Crippen LogP contribution in [-0.2, 0) is 16.4 Å². The van der Waals surface area contributed by atoms with E-state index in [9.17, 15) is 18.3 Å². The van der Waals surface area contributed by atoms with E-state index in [1.54, 1.807) is 12.1 Å². The number of rotatable bonds is 8. The highest BCUT2D eigenvalue weighted by atomic mass is 32.2. The predicted molar refractivity (Wildman–Crippen MR) is 116 cm³/mol. The van der Waals surface area contributed by atoms with Crippen LogP contribution >= 0.6 is 0 Å². The van der Waals surface area contributed by atoms with Gasteiger partial charge in [0.25, 0.3) is 10.0 Å². The Bertz CT molecular complexity index is 1170. The summed E-state index contributed by atoms with van der Waals surface area (Å²) in [6.07, 6.45) is 3.00. The van der Waals surface area contributed by atoms with Crippen molar-refractivity contribution in [1.82, 2.24) is 0 Å². The lowest BCUT2D eigenvalue weighted by molar-refractivity contribution is 0.0694. The van der Waals surface area contributed by atoms with Gasteiger partial charge in [-0.3, -0.25) is 4.72 Å². The zero-order chi connectivity index (χ0) is 21.7. The second kappa shape index (κ2) is 9.00. The first-order valence-corrected chi connectivity index (χ1v) is 11.1. The number of aryl methyl sites for hydroxylation is 1. The van der Waals surface area contributed by atoms with Crippen LogP contribution in [0.5, 0.6) is 5.75 Å². The van der Waals surface area contributed by atoms with Gasteiger partial charge in [0.15, 0.2) is 5.75 Å². The van der Waals surface area contributed by atoms with Crippen molar-refractivity contribution in [1.29, 1.82) is 0 Å². The standard InChI is InChI=1S/C23H23NO5S/c1-2-3-8-16-9-4-5-12-19(16)17-10-6-11-18(15-17)30(28,29)24-21-14-7-13-20(22(21)25)23(26)27/h4-7,9-15,24-25H,2-3,8H2,1H3,(H,26,27). The number of aromatic hydroxyl groups is 1. The third kappa shape index (κ3) is 4.63. The van der Waals surface area contributed by atoms with Crippen molar-refractivity contribution in [3.8, 4) is 16.9 Å². The Labute approximate surface area is 175 Å². The molecule has 0 bridgehead atoms. The number of carboxylic acid groups (broad SMARTS) is 1. The number of phenols is 1. The number of carbonyl (C=O) groups is 1. The highest BCUT2D eigenvalue weighted by Crippen LogP contribution is 2.31. The van der Waals surface area contributed by atoms with E-state index in [1.807, 2.05) is 30.3 Å². The number of anilines is 1.